The first kappa shape index (κ1) is 14.7. The number of amides is 3. The van der Waals surface area contributed by atoms with Crippen LogP contribution in [0.15, 0.2) is 24.3 Å². The molecule has 2 aliphatic rings. The number of fused-ring (bicyclic) bond motifs is 1. The number of hydrogen-bond acceptors (Lipinski definition) is 4. The third kappa shape index (κ3) is 2.39. The fourth-order valence-electron chi connectivity index (χ4n) is 3.22. The number of carbonyl (C=O) groups excluding carboxylic acids is 3. The SMILES string of the molecule is CNCC1CCCN1C(=O)CN1C(=O)c2ccccc2C1=O. The second-order valence-corrected chi connectivity index (χ2v) is 5.68. The van der Waals surface area contributed by atoms with E-state index in [4.69, 9.17) is 0 Å². The first-order valence-corrected chi connectivity index (χ1v) is 7.52. The Labute approximate surface area is 129 Å². The van der Waals surface area contributed by atoms with E-state index in [2.05, 4.69) is 5.32 Å². The molecule has 6 heteroatoms. The molecule has 3 amide bonds. The van der Waals surface area contributed by atoms with Crippen molar-refractivity contribution in [3.8, 4) is 0 Å². The first-order valence-electron chi connectivity index (χ1n) is 7.52. The van der Waals surface area contributed by atoms with Crippen LogP contribution < -0.4 is 5.32 Å². The number of benzene rings is 1. The van der Waals surface area contributed by atoms with Gasteiger partial charge in [0.2, 0.25) is 5.91 Å². The molecule has 1 aromatic carbocycles. The Morgan fingerprint density at radius 3 is 2.45 bits per heavy atom. The minimum Gasteiger partial charge on any atom is -0.337 e. The molecule has 3 rings (SSSR count). The molecule has 0 aromatic heterocycles. The normalized spacial score (nSPS) is 20.7. The summed E-state index contributed by atoms with van der Waals surface area (Å²) in [6, 6.07) is 6.84. The topological polar surface area (TPSA) is 69.7 Å². The lowest BCUT2D eigenvalue weighted by molar-refractivity contribution is -0.132. The van der Waals surface area contributed by atoms with Crippen molar-refractivity contribution in [2.24, 2.45) is 0 Å². The van der Waals surface area contributed by atoms with Gasteiger partial charge in [0.05, 0.1) is 11.1 Å². The maximum absolute atomic E-state index is 12.5. The molecule has 6 nitrogen and oxygen atoms in total. The number of rotatable bonds is 4. The van der Waals surface area contributed by atoms with Crippen molar-refractivity contribution < 1.29 is 14.4 Å². The summed E-state index contributed by atoms with van der Waals surface area (Å²) in [5.41, 5.74) is 0.766. The van der Waals surface area contributed by atoms with Gasteiger partial charge < -0.3 is 10.2 Å². The summed E-state index contributed by atoms with van der Waals surface area (Å²) in [5, 5.41) is 3.08. The Morgan fingerprint density at radius 2 is 1.86 bits per heavy atom. The predicted octanol–water partition coefficient (Wildman–Crippen LogP) is 0.493. The summed E-state index contributed by atoms with van der Waals surface area (Å²) in [4.78, 5) is 39.9. The number of hydrogen-bond donors (Lipinski definition) is 1. The summed E-state index contributed by atoms with van der Waals surface area (Å²) in [6.45, 7) is 1.24. The number of nitrogens with zero attached hydrogens (tertiary/aromatic N) is 2. The number of carbonyl (C=O) groups is 3. The maximum atomic E-state index is 12.5. The molecule has 22 heavy (non-hydrogen) atoms. The monoisotopic (exact) mass is 301 g/mol. The van der Waals surface area contributed by atoms with Gasteiger partial charge in [-0.3, -0.25) is 19.3 Å². The summed E-state index contributed by atoms with van der Waals surface area (Å²) >= 11 is 0. The largest absolute Gasteiger partial charge is 0.337 e. The van der Waals surface area contributed by atoms with Crippen LogP contribution in [0, 0.1) is 0 Å². The Balaban J connectivity index is 1.73. The van der Waals surface area contributed by atoms with Crippen LogP contribution >= 0.6 is 0 Å². The molecule has 1 unspecified atom stereocenters. The molecule has 0 radical (unpaired) electrons. The molecular weight excluding hydrogens is 282 g/mol. The Bertz CT molecular complexity index is 594. The summed E-state index contributed by atoms with van der Waals surface area (Å²) in [5.74, 6) is -0.913. The van der Waals surface area contributed by atoms with Crippen LogP contribution in [-0.2, 0) is 4.79 Å². The van der Waals surface area contributed by atoms with Gasteiger partial charge in [0.1, 0.15) is 6.54 Å². The third-order valence-electron chi connectivity index (χ3n) is 4.31. The maximum Gasteiger partial charge on any atom is 0.262 e. The van der Waals surface area contributed by atoms with Crippen molar-refractivity contribution in [2.75, 3.05) is 26.7 Å². The Kier molecular flexibility index (Phi) is 3.94. The zero-order valence-electron chi connectivity index (χ0n) is 12.5. The fraction of sp³-hybridized carbons (Fsp3) is 0.438. The number of likely N-dealkylation sites (N-methyl/N-ethyl adjacent to an activating group) is 1. The lowest BCUT2D eigenvalue weighted by Crippen LogP contribution is -2.46. The molecular formula is C16H19N3O3. The summed E-state index contributed by atoms with van der Waals surface area (Å²) in [7, 11) is 1.85. The van der Waals surface area contributed by atoms with E-state index < -0.39 is 0 Å². The van der Waals surface area contributed by atoms with E-state index >= 15 is 0 Å². The average Bonchev–Trinajstić information content (AvgIpc) is 3.07. The van der Waals surface area contributed by atoms with Crippen LogP contribution in [0.2, 0.25) is 0 Å². The van der Waals surface area contributed by atoms with Crippen LogP contribution in [0.25, 0.3) is 0 Å². The highest BCUT2D eigenvalue weighted by Gasteiger charge is 2.38. The van der Waals surface area contributed by atoms with Crippen molar-refractivity contribution >= 4 is 17.7 Å². The van der Waals surface area contributed by atoms with E-state index in [1.807, 2.05) is 7.05 Å². The molecule has 0 aliphatic carbocycles. The standard InChI is InChI=1S/C16H19N3O3/c1-17-9-11-5-4-8-18(11)14(20)10-19-15(21)12-6-2-3-7-13(12)16(19)22/h2-3,6-7,11,17H,4-5,8-10H2,1H3. The smallest absolute Gasteiger partial charge is 0.262 e. The second kappa shape index (κ2) is 5.88. The van der Waals surface area contributed by atoms with E-state index in [9.17, 15) is 14.4 Å². The van der Waals surface area contributed by atoms with E-state index in [1.54, 1.807) is 29.2 Å². The van der Waals surface area contributed by atoms with Gasteiger partial charge in [-0.05, 0) is 32.0 Å². The van der Waals surface area contributed by atoms with Gasteiger partial charge in [-0.2, -0.15) is 0 Å². The van der Waals surface area contributed by atoms with Crippen LogP contribution in [0.1, 0.15) is 33.6 Å². The average molecular weight is 301 g/mol. The van der Waals surface area contributed by atoms with Crippen molar-refractivity contribution in [3.63, 3.8) is 0 Å². The molecule has 1 fully saturated rings. The van der Waals surface area contributed by atoms with E-state index in [0.717, 1.165) is 24.3 Å². The van der Waals surface area contributed by atoms with Gasteiger partial charge in [0.25, 0.3) is 11.8 Å². The van der Waals surface area contributed by atoms with Crippen LogP contribution in [0.4, 0.5) is 0 Å². The van der Waals surface area contributed by atoms with Crippen LogP contribution in [-0.4, -0.2) is 60.2 Å². The van der Waals surface area contributed by atoms with Crippen molar-refractivity contribution in [2.45, 2.75) is 18.9 Å². The van der Waals surface area contributed by atoms with Gasteiger partial charge in [-0.25, -0.2) is 0 Å². The highest BCUT2D eigenvalue weighted by atomic mass is 16.2. The quantitative estimate of drug-likeness (QED) is 0.822. The van der Waals surface area contributed by atoms with Crippen LogP contribution in [0.3, 0.4) is 0 Å². The van der Waals surface area contributed by atoms with E-state index in [-0.39, 0.29) is 30.3 Å². The lowest BCUT2D eigenvalue weighted by Gasteiger charge is -2.26. The molecule has 0 bridgehead atoms. The molecule has 116 valence electrons. The number of imide groups is 1. The third-order valence-corrected chi connectivity index (χ3v) is 4.31. The molecule has 0 spiro atoms. The predicted molar refractivity (Wildman–Crippen MR) is 80.5 cm³/mol. The molecule has 2 aliphatic heterocycles. The second-order valence-electron chi connectivity index (χ2n) is 5.68. The summed E-state index contributed by atoms with van der Waals surface area (Å²) < 4.78 is 0. The molecule has 1 N–H and O–H groups in total. The highest BCUT2D eigenvalue weighted by molar-refractivity contribution is 6.22. The molecule has 1 atom stereocenters. The fourth-order valence-corrected chi connectivity index (χ4v) is 3.22. The molecule has 0 saturated carbocycles. The van der Waals surface area contributed by atoms with E-state index in [0.29, 0.717) is 17.7 Å². The van der Waals surface area contributed by atoms with Crippen molar-refractivity contribution in [1.82, 2.24) is 15.1 Å². The molecule has 1 saturated heterocycles. The van der Waals surface area contributed by atoms with E-state index in [1.165, 1.54) is 0 Å². The van der Waals surface area contributed by atoms with Gasteiger partial charge in [0.15, 0.2) is 0 Å². The number of nitrogens with one attached hydrogen (secondary N) is 1. The number of likely N-dealkylation sites (tertiary alicyclic amines) is 1. The molecule has 2 heterocycles. The zero-order chi connectivity index (χ0) is 15.7. The molecule has 1 aromatic rings. The van der Waals surface area contributed by atoms with Gasteiger partial charge in [-0.15, -0.1) is 0 Å². The van der Waals surface area contributed by atoms with Gasteiger partial charge in [-0.1, -0.05) is 12.1 Å². The summed E-state index contributed by atoms with van der Waals surface area (Å²) in [6.07, 6.45) is 1.91. The Hall–Kier alpha value is -2.21. The Morgan fingerprint density at radius 1 is 1.23 bits per heavy atom. The minimum absolute atomic E-state index is 0.146. The van der Waals surface area contributed by atoms with Crippen molar-refractivity contribution in [3.05, 3.63) is 35.4 Å². The lowest BCUT2D eigenvalue weighted by atomic mass is 10.1. The van der Waals surface area contributed by atoms with Gasteiger partial charge >= 0.3 is 0 Å². The zero-order valence-corrected chi connectivity index (χ0v) is 12.5. The minimum atomic E-state index is -0.377. The first-order chi connectivity index (χ1) is 10.6. The van der Waals surface area contributed by atoms with Crippen LogP contribution in [0.5, 0.6) is 0 Å². The van der Waals surface area contributed by atoms with Gasteiger partial charge in [0, 0.05) is 19.1 Å². The van der Waals surface area contributed by atoms with Crippen molar-refractivity contribution in [1.29, 1.82) is 0 Å². The highest BCUT2D eigenvalue weighted by Crippen LogP contribution is 2.23.